The number of hydrogen-bond donors (Lipinski definition) is 3. The summed E-state index contributed by atoms with van der Waals surface area (Å²) in [7, 11) is 0. The molecule has 4 N–H and O–H groups in total. The van der Waals surface area contributed by atoms with Gasteiger partial charge >= 0.3 is 6.03 Å². The first-order chi connectivity index (χ1) is 8.65. The molecule has 0 saturated heterocycles. The van der Waals surface area contributed by atoms with Crippen molar-refractivity contribution in [1.82, 2.24) is 5.32 Å². The van der Waals surface area contributed by atoms with Crippen LogP contribution in [0.4, 0.5) is 16.2 Å². The summed E-state index contributed by atoms with van der Waals surface area (Å²) in [4.78, 5) is 11.8. The summed E-state index contributed by atoms with van der Waals surface area (Å²) in [5.74, 6) is 0.627. The first-order valence-corrected chi connectivity index (χ1v) is 6.58. The lowest BCUT2D eigenvalue weighted by molar-refractivity contribution is 0.244. The van der Waals surface area contributed by atoms with Crippen molar-refractivity contribution in [2.75, 3.05) is 11.1 Å². The van der Waals surface area contributed by atoms with Gasteiger partial charge in [0.25, 0.3) is 0 Å². The van der Waals surface area contributed by atoms with Crippen LogP contribution < -0.4 is 16.4 Å². The molecule has 1 fully saturated rings. The van der Waals surface area contributed by atoms with Crippen molar-refractivity contribution in [2.45, 2.75) is 38.6 Å². The SMILES string of the molecule is CC(NC(=O)Nc1ccc(N)cc1)C1CCCC1. The van der Waals surface area contributed by atoms with E-state index in [1.54, 1.807) is 24.3 Å². The van der Waals surface area contributed by atoms with Crippen LogP contribution in [0.25, 0.3) is 0 Å². The highest BCUT2D eigenvalue weighted by atomic mass is 16.2. The van der Waals surface area contributed by atoms with Crippen LogP contribution in [0.15, 0.2) is 24.3 Å². The van der Waals surface area contributed by atoms with Gasteiger partial charge in [0.15, 0.2) is 0 Å². The predicted octanol–water partition coefficient (Wildman–Crippen LogP) is 2.97. The Morgan fingerprint density at radius 1 is 1.28 bits per heavy atom. The molecule has 0 spiro atoms. The minimum Gasteiger partial charge on any atom is -0.399 e. The highest BCUT2D eigenvalue weighted by Gasteiger charge is 2.22. The number of urea groups is 1. The third kappa shape index (κ3) is 3.39. The topological polar surface area (TPSA) is 67.2 Å². The maximum atomic E-state index is 11.8. The van der Waals surface area contributed by atoms with E-state index in [9.17, 15) is 4.79 Å². The second-order valence-electron chi connectivity index (χ2n) is 5.05. The molecule has 1 atom stereocenters. The minimum absolute atomic E-state index is 0.140. The van der Waals surface area contributed by atoms with Crippen molar-refractivity contribution in [3.8, 4) is 0 Å². The van der Waals surface area contributed by atoms with Gasteiger partial charge in [0.2, 0.25) is 0 Å². The lowest BCUT2D eigenvalue weighted by atomic mass is 10.0. The van der Waals surface area contributed by atoms with E-state index in [0.717, 1.165) is 5.69 Å². The third-order valence-corrected chi connectivity index (χ3v) is 3.63. The molecular formula is C14H21N3O. The Kier molecular flexibility index (Phi) is 4.07. The van der Waals surface area contributed by atoms with E-state index in [0.29, 0.717) is 11.6 Å². The van der Waals surface area contributed by atoms with Crippen LogP contribution in [0.2, 0.25) is 0 Å². The highest BCUT2D eigenvalue weighted by Crippen LogP contribution is 2.27. The fraction of sp³-hybridized carbons (Fsp3) is 0.500. The Bertz CT molecular complexity index is 396. The van der Waals surface area contributed by atoms with Crippen molar-refractivity contribution in [3.05, 3.63) is 24.3 Å². The van der Waals surface area contributed by atoms with E-state index in [-0.39, 0.29) is 12.1 Å². The summed E-state index contributed by atoms with van der Waals surface area (Å²) < 4.78 is 0. The minimum atomic E-state index is -0.140. The molecule has 0 radical (unpaired) electrons. The van der Waals surface area contributed by atoms with Crippen LogP contribution in [-0.2, 0) is 0 Å². The van der Waals surface area contributed by atoms with E-state index in [1.165, 1.54) is 25.7 Å². The summed E-state index contributed by atoms with van der Waals surface area (Å²) in [6.07, 6.45) is 5.03. The van der Waals surface area contributed by atoms with Gasteiger partial charge in [0, 0.05) is 17.4 Å². The first kappa shape index (κ1) is 12.7. The molecule has 0 aromatic heterocycles. The van der Waals surface area contributed by atoms with Crippen LogP contribution in [0.1, 0.15) is 32.6 Å². The normalized spacial score (nSPS) is 17.4. The lowest BCUT2D eigenvalue weighted by Crippen LogP contribution is -2.39. The van der Waals surface area contributed by atoms with Gasteiger partial charge in [-0.25, -0.2) is 4.79 Å². The molecule has 1 aromatic carbocycles. The molecule has 1 aliphatic carbocycles. The van der Waals surface area contributed by atoms with Crippen LogP contribution >= 0.6 is 0 Å². The summed E-state index contributed by atoms with van der Waals surface area (Å²) >= 11 is 0. The fourth-order valence-corrected chi connectivity index (χ4v) is 2.52. The standard InChI is InChI=1S/C14H21N3O/c1-10(11-4-2-3-5-11)16-14(18)17-13-8-6-12(15)7-9-13/h6-11H,2-5,15H2,1H3,(H2,16,17,18). The number of benzene rings is 1. The average molecular weight is 247 g/mol. The quantitative estimate of drug-likeness (QED) is 0.719. The number of amides is 2. The van der Waals surface area contributed by atoms with Crippen LogP contribution in [-0.4, -0.2) is 12.1 Å². The van der Waals surface area contributed by atoms with Gasteiger partial charge in [-0.2, -0.15) is 0 Å². The van der Waals surface area contributed by atoms with Crippen LogP contribution in [0.5, 0.6) is 0 Å². The lowest BCUT2D eigenvalue weighted by Gasteiger charge is -2.20. The molecule has 18 heavy (non-hydrogen) atoms. The van der Waals surface area contributed by atoms with E-state index in [4.69, 9.17) is 5.73 Å². The van der Waals surface area contributed by atoms with E-state index in [2.05, 4.69) is 17.6 Å². The number of carbonyl (C=O) groups is 1. The van der Waals surface area contributed by atoms with Gasteiger partial charge in [-0.3, -0.25) is 0 Å². The number of anilines is 2. The van der Waals surface area contributed by atoms with Crippen molar-refractivity contribution >= 4 is 17.4 Å². The van der Waals surface area contributed by atoms with Crippen molar-refractivity contribution in [3.63, 3.8) is 0 Å². The molecule has 98 valence electrons. The molecule has 0 heterocycles. The summed E-state index contributed by atoms with van der Waals surface area (Å²) in [6, 6.07) is 7.25. The van der Waals surface area contributed by atoms with Crippen LogP contribution in [0, 0.1) is 5.92 Å². The van der Waals surface area contributed by atoms with E-state index < -0.39 is 0 Å². The number of nitrogen functional groups attached to an aromatic ring is 1. The molecule has 4 nitrogen and oxygen atoms in total. The van der Waals surface area contributed by atoms with Gasteiger partial charge in [-0.05, 0) is 49.9 Å². The molecule has 2 rings (SSSR count). The average Bonchev–Trinajstić information content (AvgIpc) is 2.85. The summed E-state index contributed by atoms with van der Waals surface area (Å²) in [5.41, 5.74) is 7.05. The molecule has 1 saturated carbocycles. The maximum absolute atomic E-state index is 11.8. The van der Waals surface area contributed by atoms with E-state index >= 15 is 0 Å². The van der Waals surface area contributed by atoms with Gasteiger partial charge in [0.1, 0.15) is 0 Å². The smallest absolute Gasteiger partial charge is 0.319 e. The summed E-state index contributed by atoms with van der Waals surface area (Å²) in [5, 5.41) is 5.82. The zero-order valence-electron chi connectivity index (χ0n) is 10.8. The van der Waals surface area contributed by atoms with Crippen molar-refractivity contribution < 1.29 is 4.79 Å². The Morgan fingerprint density at radius 2 is 1.89 bits per heavy atom. The molecule has 0 aliphatic heterocycles. The molecule has 4 heteroatoms. The second kappa shape index (κ2) is 5.76. The molecule has 1 aromatic rings. The maximum Gasteiger partial charge on any atom is 0.319 e. The predicted molar refractivity (Wildman–Crippen MR) is 74.4 cm³/mol. The van der Waals surface area contributed by atoms with Gasteiger partial charge < -0.3 is 16.4 Å². The van der Waals surface area contributed by atoms with Gasteiger partial charge in [0.05, 0.1) is 0 Å². The third-order valence-electron chi connectivity index (χ3n) is 3.63. The molecule has 0 bridgehead atoms. The summed E-state index contributed by atoms with van der Waals surface area (Å²) in [6.45, 7) is 2.08. The molecule has 1 unspecified atom stereocenters. The van der Waals surface area contributed by atoms with Crippen LogP contribution in [0.3, 0.4) is 0 Å². The number of nitrogens with two attached hydrogens (primary N) is 1. The fourth-order valence-electron chi connectivity index (χ4n) is 2.52. The number of hydrogen-bond acceptors (Lipinski definition) is 2. The molecule has 2 amide bonds. The Morgan fingerprint density at radius 3 is 2.50 bits per heavy atom. The Hall–Kier alpha value is -1.71. The zero-order valence-corrected chi connectivity index (χ0v) is 10.8. The number of carbonyl (C=O) groups excluding carboxylic acids is 1. The second-order valence-corrected chi connectivity index (χ2v) is 5.05. The Balaban J connectivity index is 1.82. The molecular weight excluding hydrogens is 226 g/mol. The largest absolute Gasteiger partial charge is 0.399 e. The van der Waals surface area contributed by atoms with Gasteiger partial charge in [-0.1, -0.05) is 12.8 Å². The monoisotopic (exact) mass is 247 g/mol. The molecule has 1 aliphatic rings. The first-order valence-electron chi connectivity index (χ1n) is 6.58. The number of rotatable bonds is 3. The van der Waals surface area contributed by atoms with Crippen molar-refractivity contribution in [1.29, 1.82) is 0 Å². The zero-order chi connectivity index (χ0) is 13.0. The van der Waals surface area contributed by atoms with Crippen molar-refractivity contribution in [2.24, 2.45) is 5.92 Å². The Labute approximate surface area is 108 Å². The highest BCUT2D eigenvalue weighted by molar-refractivity contribution is 5.89. The number of nitrogens with one attached hydrogen (secondary N) is 2. The van der Waals surface area contributed by atoms with E-state index in [1.807, 2.05) is 0 Å². The van der Waals surface area contributed by atoms with Gasteiger partial charge in [-0.15, -0.1) is 0 Å².